The number of hydrogen-bond donors (Lipinski definition) is 2. The number of hydrogen-bond acceptors (Lipinski definition) is 7. The third-order valence-electron chi connectivity index (χ3n) is 5.80. The summed E-state index contributed by atoms with van der Waals surface area (Å²) in [7, 11) is 3.21. The van der Waals surface area contributed by atoms with Crippen LogP contribution in [0.15, 0.2) is 30.5 Å². The molecule has 0 spiro atoms. The number of ether oxygens (including phenoxy) is 2. The van der Waals surface area contributed by atoms with Gasteiger partial charge in [0.05, 0.1) is 19.4 Å². The maximum absolute atomic E-state index is 13.4. The molecule has 2 aliphatic rings. The van der Waals surface area contributed by atoms with Crippen LogP contribution in [-0.2, 0) is 14.3 Å². The van der Waals surface area contributed by atoms with Gasteiger partial charge in [0.25, 0.3) is 5.91 Å². The molecule has 0 bridgehead atoms. The summed E-state index contributed by atoms with van der Waals surface area (Å²) < 4.78 is 10.8. The standard InChI is InChI=1S/C22H28N6O4/c1-22-14-32-12-10-28(22)19-17(27(20(22)29)9-4-11-31-3)13-24-18(26-19)15-5-7-16(8-6-15)25-21(30)23-2/h5-8,13H,4,9-12,14H2,1-3H3,(H2,23,25,30)/t22-/m0/s1. The normalized spacial score (nSPS) is 19.9. The molecular weight excluding hydrogens is 412 g/mol. The second-order valence-electron chi connectivity index (χ2n) is 7.97. The number of morpholine rings is 1. The molecule has 3 amide bonds. The number of nitrogens with one attached hydrogen (secondary N) is 2. The fraction of sp³-hybridized carbons (Fsp3) is 0.455. The molecule has 3 heterocycles. The van der Waals surface area contributed by atoms with Gasteiger partial charge in [-0.05, 0) is 37.6 Å². The lowest BCUT2D eigenvalue weighted by Crippen LogP contribution is -2.67. The molecule has 0 aliphatic carbocycles. The van der Waals surface area contributed by atoms with Crippen molar-refractivity contribution in [3.05, 3.63) is 30.5 Å². The first-order valence-corrected chi connectivity index (χ1v) is 10.6. The summed E-state index contributed by atoms with van der Waals surface area (Å²) in [6.07, 6.45) is 2.42. The predicted molar refractivity (Wildman–Crippen MR) is 121 cm³/mol. The largest absolute Gasteiger partial charge is 0.385 e. The Morgan fingerprint density at radius 2 is 2.09 bits per heavy atom. The Morgan fingerprint density at radius 3 is 2.81 bits per heavy atom. The van der Waals surface area contributed by atoms with Crippen LogP contribution in [0.1, 0.15) is 13.3 Å². The number of nitrogens with zero attached hydrogens (tertiary/aromatic N) is 4. The van der Waals surface area contributed by atoms with Crippen LogP contribution in [0, 0.1) is 0 Å². The summed E-state index contributed by atoms with van der Waals surface area (Å²) in [6, 6.07) is 7.03. The van der Waals surface area contributed by atoms with Gasteiger partial charge in [0.1, 0.15) is 11.2 Å². The van der Waals surface area contributed by atoms with E-state index in [1.807, 2.05) is 24.0 Å². The van der Waals surface area contributed by atoms with E-state index in [-0.39, 0.29) is 11.9 Å². The predicted octanol–water partition coefficient (Wildman–Crippen LogP) is 1.87. The Balaban J connectivity index is 1.69. The zero-order valence-corrected chi connectivity index (χ0v) is 18.6. The Morgan fingerprint density at radius 1 is 1.31 bits per heavy atom. The van der Waals surface area contributed by atoms with Crippen molar-refractivity contribution >= 4 is 29.1 Å². The number of anilines is 3. The van der Waals surface area contributed by atoms with Crippen LogP contribution >= 0.6 is 0 Å². The van der Waals surface area contributed by atoms with Gasteiger partial charge >= 0.3 is 6.03 Å². The maximum atomic E-state index is 13.4. The van der Waals surface area contributed by atoms with Crippen molar-refractivity contribution in [2.24, 2.45) is 0 Å². The first kappa shape index (κ1) is 22.0. The lowest BCUT2D eigenvalue weighted by atomic mass is 9.93. The monoisotopic (exact) mass is 440 g/mol. The van der Waals surface area contributed by atoms with Crippen LogP contribution in [0.4, 0.5) is 22.0 Å². The van der Waals surface area contributed by atoms with Crippen molar-refractivity contribution in [2.75, 3.05) is 62.2 Å². The number of fused-ring (bicyclic) bond motifs is 3. The van der Waals surface area contributed by atoms with E-state index in [4.69, 9.17) is 14.5 Å². The molecule has 0 radical (unpaired) electrons. The van der Waals surface area contributed by atoms with Crippen LogP contribution in [0.2, 0.25) is 0 Å². The molecule has 32 heavy (non-hydrogen) atoms. The van der Waals surface area contributed by atoms with Crippen molar-refractivity contribution in [1.29, 1.82) is 0 Å². The highest BCUT2D eigenvalue weighted by atomic mass is 16.5. The van der Waals surface area contributed by atoms with Crippen LogP contribution in [0.25, 0.3) is 11.4 Å². The van der Waals surface area contributed by atoms with Gasteiger partial charge in [-0.2, -0.15) is 0 Å². The molecule has 1 atom stereocenters. The molecule has 2 N–H and O–H groups in total. The summed E-state index contributed by atoms with van der Waals surface area (Å²) in [6.45, 7) is 4.40. The van der Waals surface area contributed by atoms with Crippen molar-refractivity contribution in [2.45, 2.75) is 18.9 Å². The molecule has 10 nitrogen and oxygen atoms in total. The number of methoxy groups -OCH3 is 1. The number of urea groups is 1. The number of carbonyl (C=O) groups excluding carboxylic acids is 2. The molecule has 1 aromatic carbocycles. The minimum Gasteiger partial charge on any atom is -0.385 e. The van der Waals surface area contributed by atoms with Gasteiger partial charge in [-0.3, -0.25) is 4.79 Å². The van der Waals surface area contributed by atoms with Crippen molar-refractivity contribution in [1.82, 2.24) is 15.3 Å². The van der Waals surface area contributed by atoms with Gasteiger partial charge in [-0.25, -0.2) is 14.8 Å². The third-order valence-corrected chi connectivity index (χ3v) is 5.80. The van der Waals surface area contributed by atoms with E-state index < -0.39 is 5.54 Å². The number of rotatable bonds is 6. The van der Waals surface area contributed by atoms with Gasteiger partial charge < -0.3 is 29.9 Å². The fourth-order valence-corrected chi connectivity index (χ4v) is 4.05. The molecule has 1 fully saturated rings. The number of amides is 3. The van der Waals surface area contributed by atoms with E-state index in [1.165, 1.54) is 0 Å². The molecule has 10 heteroatoms. The van der Waals surface area contributed by atoms with E-state index >= 15 is 0 Å². The molecule has 1 aromatic heterocycles. The molecular formula is C22H28N6O4. The zero-order chi connectivity index (χ0) is 22.7. The van der Waals surface area contributed by atoms with Gasteiger partial charge in [-0.1, -0.05) is 0 Å². The summed E-state index contributed by atoms with van der Waals surface area (Å²) in [4.78, 5) is 38.1. The van der Waals surface area contributed by atoms with E-state index in [9.17, 15) is 9.59 Å². The Bertz CT molecular complexity index is 998. The number of benzene rings is 1. The van der Waals surface area contributed by atoms with Gasteiger partial charge in [-0.15, -0.1) is 0 Å². The number of carbonyl (C=O) groups is 2. The van der Waals surface area contributed by atoms with Crippen LogP contribution in [0.5, 0.6) is 0 Å². The summed E-state index contributed by atoms with van der Waals surface area (Å²) in [5.74, 6) is 1.27. The van der Waals surface area contributed by atoms with Crippen molar-refractivity contribution in [3.63, 3.8) is 0 Å². The van der Waals surface area contributed by atoms with Crippen molar-refractivity contribution < 1.29 is 19.1 Å². The number of aromatic nitrogens is 2. The first-order valence-electron chi connectivity index (χ1n) is 10.6. The topological polar surface area (TPSA) is 109 Å². The zero-order valence-electron chi connectivity index (χ0n) is 18.6. The molecule has 2 aliphatic heterocycles. The second kappa shape index (κ2) is 9.09. The van der Waals surface area contributed by atoms with Crippen LogP contribution < -0.4 is 20.4 Å². The SMILES string of the molecule is CNC(=O)Nc1ccc(-c2ncc3c(n2)N2CCOC[C@@]2(C)C(=O)N3CCCOC)cc1. The minimum atomic E-state index is -0.814. The molecule has 4 rings (SSSR count). The van der Waals surface area contributed by atoms with E-state index in [1.54, 1.807) is 37.4 Å². The summed E-state index contributed by atoms with van der Waals surface area (Å²) in [5.41, 5.74) is 1.37. The minimum absolute atomic E-state index is 0.0122. The van der Waals surface area contributed by atoms with E-state index in [2.05, 4.69) is 15.6 Å². The van der Waals surface area contributed by atoms with E-state index in [0.717, 1.165) is 11.4 Å². The highest BCUT2D eigenvalue weighted by Crippen LogP contribution is 2.41. The average molecular weight is 441 g/mol. The van der Waals surface area contributed by atoms with Crippen LogP contribution in [-0.4, -0.2) is 74.5 Å². The molecule has 1 saturated heterocycles. The van der Waals surface area contributed by atoms with E-state index in [0.29, 0.717) is 56.5 Å². The quantitative estimate of drug-likeness (QED) is 0.660. The van der Waals surface area contributed by atoms with Crippen LogP contribution in [0.3, 0.4) is 0 Å². The lowest BCUT2D eigenvalue weighted by molar-refractivity contribution is -0.127. The Labute approximate surface area is 186 Å². The lowest BCUT2D eigenvalue weighted by Gasteiger charge is -2.50. The molecule has 2 aromatic rings. The smallest absolute Gasteiger partial charge is 0.318 e. The summed E-state index contributed by atoms with van der Waals surface area (Å²) >= 11 is 0. The fourth-order valence-electron chi connectivity index (χ4n) is 4.05. The Kier molecular flexibility index (Phi) is 6.24. The highest BCUT2D eigenvalue weighted by molar-refractivity contribution is 6.07. The highest BCUT2D eigenvalue weighted by Gasteiger charge is 2.50. The second-order valence-corrected chi connectivity index (χ2v) is 7.97. The maximum Gasteiger partial charge on any atom is 0.318 e. The third kappa shape index (κ3) is 3.98. The Hall–Kier alpha value is -3.24. The summed E-state index contributed by atoms with van der Waals surface area (Å²) in [5, 5.41) is 5.25. The van der Waals surface area contributed by atoms with Gasteiger partial charge in [0.15, 0.2) is 11.6 Å². The average Bonchev–Trinajstić information content (AvgIpc) is 2.81. The first-order chi connectivity index (χ1) is 15.5. The van der Waals surface area contributed by atoms with Gasteiger partial charge in [0.2, 0.25) is 0 Å². The van der Waals surface area contributed by atoms with Crippen molar-refractivity contribution in [3.8, 4) is 11.4 Å². The molecule has 0 saturated carbocycles. The van der Waals surface area contributed by atoms with Gasteiger partial charge in [0, 0.05) is 45.1 Å². The molecule has 170 valence electrons. The molecule has 0 unspecified atom stereocenters.